The first-order valence-electron chi connectivity index (χ1n) is 9.99. The standard InChI is InChI=1S/C21H32N2O6S/c1-14-8-7-9-16(15(14)2)19(29-30(6,26)27)17-10-11-18(24)23(17)13-12-22-20(25)28-21(3,4)5/h7-9,17,19H,10-13H2,1-6H3,(H,22,25)/t17-,19?/m1/s1. The maximum Gasteiger partial charge on any atom is 0.407 e. The Bertz CT molecular complexity index is 891. The van der Waals surface area contributed by atoms with Gasteiger partial charge in [-0.1, -0.05) is 18.2 Å². The van der Waals surface area contributed by atoms with Crippen LogP contribution < -0.4 is 5.32 Å². The van der Waals surface area contributed by atoms with Crippen LogP contribution in [-0.2, 0) is 23.8 Å². The van der Waals surface area contributed by atoms with Crippen LogP contribution in [0.25, 0.3) is 0 Å². The van der Waals surface area contributed by atoms with Gasteiger partial charge in [-0.3, -0.25) is 8.98 Å². The molecule has 9 heteroatoms. The van der Waals surface area contributed by atoms with Crippen molar-refractivity contribution in [3.63, 3.8) is 0 Å². The van der Waals surface area contributed by atoms with Crippen molar-refractivity contribution in [1.29, 1.82) is 0 Å². The van der Waals surface area contributed by atoms with E-state index < -0.39 is 34.0 Å². The predicted octanol–water partition coefficient (Wildman–Crippen LogP) is 2.84. The molecule has 1 aliphatic heterocycles. The zero-order valence-corrected chi connectivity index (χ0v) is 19.3. The zero-order valence-electron chi connectivity index (χ0n) is 18.5. The Labute approximate surface area is 179 Å². The van der Waals surface area contributed by atoms with E-state index in [1.54, 1.807) is 25.7 Å². The molecule has 1 N–H and O–H groups in total. The second-order valence-corrected chi connectivity index (χ2v) is 10.2. The van der Waals surface area contributed by atoms with Gasteiger partial charge in [0, 0.05) is 19.5 Å². The summed E-state index contributed by atoms with van der Waals surface area (Å²) in [6.07, 6.45) is 0.401. The maximum absolute atomic E-state index is 12.5. The summed E-state index contributed by atoms with van der Waals surface area (Å²) in [5.74, 6) is -0.0987. The minimum atomic E-state index is -3.76. The molecule has 0 saturated carbocycles. The third kappa shape index (κ3) is 6.70. The average molecular weight is 441 g/mol. The van der Waals surface area contributed by atoms with Crippen LogP contribution in [0.15, 0.2) is 18.2 Å². The third-order valence-corrected chi connectivity index (χ3v) is 5.53. The first-order valence-corrected chi connectivity index (χ1v) is 11.8. The molecule has 8 nitrogen and oxygen atoms in total. The average Bonchev–Trinajstić information content (AvgIpc) is 2.94. The Balaban J connectivity index is 2.21. The number of carbonyl (C=O) groups is 2. The number of hydrogen-bond donors (Lipinski definition) is 1. The lowest BCUT2D eigenvalue weighted by molar-refractivity contribution is -0.130. The van der Waals surface area contributed by atoms with Crippen LogP contribution in [-0.4, -0.2) is 56.3 Å². The van der Waals surface area contributed by atoms with E-state index in [1.165, 1.54) is 0 Å². The van der Waals surface area contributed by atoms with E-state index in [-0.39, 0.29) is 19.0 Å². The highest BCUT2D eigenvalue weighted by Gasteiger charge is 2.40. The molecular formula is C21H32N2O6S. The molecule has 1 unspecified atom stereocenters. The van der Waals surface area contributed by atoms with Gasteiger partial charge in [-0.25, -0.2) is 4.79 Å². The predicted molar refractivity (Wildman–Crippen MR) is 114 cm³/mol. The summed E-state index contributed by atoms with van der Waals surface area (Å²) in [6, 6.07) is 5.17. The van der Waals surface area contributed by atoms with Crippen molar-refractivity contribution in [1.82, 2.24) is 10.2 Å². The van der Waals surface area contributed by atoms with Gasteiger partial charge in [0.2, 0.25) is 5.91 Å². The van der Waals surface area contributed by atoms with Crippen molar-refractivity contribution in [2.24, 2.45) is 0 Å². The van der Waals surface area contributed by atoms with Crippen molar-refractivity contribution in [3.05, 3.63) is 34.9 Å². The van der Waals surface area contributed by atoms with Gasteiger partial charge in [-0.2, -0.15) is 8.42 Å². The number of rotatable bonds is 7. The summed E-state index contributed by atoms with van der Waals surface area (Å²) < 4.78 is 34.7. The lowest BCUT2D eigenvalue weighted by Gasteiger charge is -2.32. The molecule has 168 valence electrons. The summed E-state index contributed by atoms with van der Waals surface area (Å²) in [6.45, 7) is 9.58. The first-order chi connectivity index (χ1) is 13.8. The highest BCUT2D eigenvalue weighted by atomic mass is 32.2. The molecule has 0 aliphatic carbocycles. The number of aryl methyl sites for hydroxylation is 1. The number of carbonyl (C=O) groups excluding carboxylic acids is 2. The van der Waals surface area contributed by atoms with Gasteiger partial charge in [0.1, 0.15) is 11.7 Å². The van der Waals surface area contributed by atoms with Crippen LogP contribution in [0.2, 0.25) is 0 Å². The number of ether oxygens (including phenoxy) is 1. The Kier molecular flexibility index (Phi) is 7.52. The second-order valence-electron chi connectivity index (χ2n) is 8.63. The number of amides is 2. The zero-order chi connectivity index (χ0) is 22.7. The van der Waals surface area contributed by atoms with Crippen molar-refractivity contribution in [2.45, 2.75) is 65.2 Å². The molecule has 0 spiro atoms. The van der Waals surface area contributed by atoms with Crippen LogP contribution in [0, 0.1) is 13.8 Å². The maximum atomic E-state index is 12.5. The topological polar surface area (TPSA) is 102 Å². The molecule has 1 aromatic carbocycles. The summed E-state index contributed by atoms with van der Waals surface area (Å²) >= 11 is 0. The van der Waals surface area contributed by atoms with Crippen LogP contribution in [0.1, 0.15) is 56.4 Å². The van der Waals surface area contributed by atoms with Crippen LogP contribution >= 0.6 is 0 Å². The lowest BCUT2D eigenvalue weighted by atomic mass is 9.94. The van der Waals surface area contributed by atoms with Gasteiger partial charge in [0.05, 0.1) is 12.3 Å². The van der Waals surface area contributed by atoms with E-state index in [0.29, 0.717) is 12.8 Å². The van der Waals surface area contributed by atoms with Crippen molar-refractivity contribution in [3.8, 4) is 0 Å². The van der Waals surface area contributed by atoms with Gasteiger partial charge in [0.15, 0.2) is 0 Å². The number of likely N-dealkylation sites (tertiary alicyclic amines) is 1. The van der Waals surface area contributed by atoms with Crippen LogP contribution in [0.4, 0.5) is 4.79 Å². The summed E-state index contributed by atoms with van der Waals surface area (Å²) in [5.41, 5.74) is 2.06. The smallest absolute Gasteiger partial charge is 0.407 e. The molecule has 1 saturated heterocycles. The lowest BCUT2D eigenvalue weighted by Crippen LogP contribution is -2.44. The molecule has 0 aromatic heterocycles. The van der Waals surface area contributed by atoms with E-state index in [1.807, 2.05) is 32.0 Å². The molecule has 1 heterocycles. The van der Waals surface area contributed by atoms with Crippen LogP contribution in [0.3, 0.4) is 0 Å². The van der Waals surface area contributed by atoms with Crippen molar-refractivity contribution in [2.75, 3.05) is 19.3 Å². The Morgan fingerprint density at radius 1 is 1.30 bits per heavy atom. The minimum Gasteiger partial charge on any atom is -0.444 e. The van der Waals surface area contributed by atoms with Gasteiger partial charge >= 0.3 is 6.09 Å². The van der Waals surface area contributed by atoms with E-state index in [4.69, 9.17) is 8.92 Å². The SMILES string of the molecule is Cc1cccc(C(OS(C)(=O)=O)[C@H]2CCC(=O)N2CCNC(=O)OC(C)(C)C)c1C. The first kappa shape index (κ1) is 24.1. The van der Waals surface area contributed by atoms with E-state index >= 15 is 0 Å². The minimum absolute atomic E-state index is 0.0987. The molecule has 0 bridgehead atoms. The summed E-state index contributed by atoms with van der Waals surface area (Å²) in [5, 5.41) is 2.64. The molecule has 1 aliphatic rings. The second kappa shape index (κ2) is 9.34. The van der Waals surface area contributed by atoms with Gasteiger partial charge in [-0.05, 0) is 57.7 Å². The van der Waals surface area contributed by atoms with Gasteiger partial charge < -0.3 is 15.0 Å². The Hall–Kier alpha value is -2.13. The molecule has 2 rings (SSSR count). The monoisotopic (exact) mass is 440 g/mol. The quantitative estimate of drug-likeness (QED) is 0.654. The highest BCUT2D eigenvalue weighted by Crippen LogP contribution is 2.36. The van der Waals surface area contributed by atoms with Crippen molar-refractivity contribution >= 4 is 22.1 Å². The number of hydrogen-bond acceptors (Lipinski definition) is 6. The highest BCUT2D eigenvalue weighted by molar-refractivity contribution is 7.86. The molecule has 30 heavy (non-hydrogen) atoms. The molecule has 1 aromatic rings. The Morgan fingerprint density at radius 3 is 2.57 bits per heavy atom. The van der Waals surface area contributed by atoms with Gasteiger partial charge in [-0.15, -0.1) is 0 Å². The fourth-order valence-electron chi connectivity index (χ4n) is 3.55. The summed E-state index contributed by atoms with van der Waals surface area (Å²) in [7, 11) is -3.76. The third-order valence-electron chi connectivity index (χ3n) is 4.98. The molecular weight excluding hydrogens is 408 g/mol. The van der Waals surface area contributed by atoms with Crippen LogP contribution in [0.5, 0.6) is 0 Å². The summed E-state index contributed by atoms with van der Waals surface area (Å²) in [4.78, 5) is 26.0. The molecule has 2 amide bonds. The van der Waals surface area contributed by atoms with E-state index in [2.05, 4.69) is 5.32 Å². The Morgan fingerprint density at radius 2 is 1.97 bits per heavy atom. The van der Waals surface area contributed by atoms with E-state index in [0.717, 1.165) is 22.9 Å². The fraction of sp³-hybridized carbons (Fsp3) is 0.619. The number of benzene rings is 1. The number of alkyl carbamates (subject to hydrolysis) is 1. The number of nitrogens with zero attached hydrogens (tertiary/aromatic N) is 1. The number of nitrogens with one attached hydrogen (secondary N) is 1. The molecule has 2 atom stereocenters. The molecule has 0 radical (unpaired) electrons. The van der Waals surface area contributed by atoms with Crippen molar-refractivity contribution < 1.29 is 26.9 Å². The fourth-order valence-corrected chi connectivity index (χ4v) is 4.16. The van der Waals surface area contributed by atoms with Gasteiger partial charge in [0.25, 0.3) is 10.1 Å². The largest absolute Gasteiger partial charge is 0.444 e. The molecule has 1 fully saturated rings. The normalized spacial score (nSPS) is 18.4. The van der Waals surface area contributed by atoms with E-state index in [9.17, 15) is 18.0 Å².